The fourth-order valence-electron chi connectivity index (χ4n) is 8.46. The highest BCUT2D eigenvalue weighted by atomic mass is 127. The van der Waals surface area contributed by atoms with Gasteiger partial charge < -0.3 is 48.2 Å². The molecule has 8 nitrogen and oxygen atoms in total. The van der Waals surface area contributed by atoms with E-state index >= 15 is 0 Å². The molecule has 0 aliphatic carbocycles. The maximum atomic E-state index is 13.7. The van der Waals surface area contributed by atoms with Crippen molar-refractivity contribution >= 4 is 35.9 Å². The molecule has 0 unspecified atom stereocenters. The van der Waals surface area contributed by atoms with Crippen LogP contribution in [-0.2, 0) is 35.6 Å². The van der Waals surface area contributed by atoms with E-state index in [4.69, 9.17) is 18.9 Å². The van der Waals surface area contributed by atoms with Gasteiger partial charge in [0.2, 0.25) is 0 Å². The Kier molecular flexibility index (Phi) is 42.5. The molecular formula is C53H94I2N2O6. The predicted molar refractivity (Wildman–Crippen MR) is 268 cm³/mol. The zero-order valence-electron chi connectivity index (χ0n) is 41.0. The third kappa shape index (κ3) is 30.6. The molecule has 2 heterocycles. The number of halogens is 2. The smallest absolute Gasteiger partial charge is 0.336 e. The molecule has 0 bridgehead atoms. The number of dihydropyridines is 1. The standard InChI is InChI=1S/C53H92N2O6.2HI/c1-6-8-10-12-14-16-18-20-22-24-26-28-30-32-39-58-41-35-43-60-52(56)49-46(3)54-47(4)50(51(49)48-37-34-38-55(5)45-48)53(57)61-44-36-42-59-40-33-31-29-27-25-23-21-19-17-15-13-11-9-7-2;;/h34,37-38,45,51H,6-33,35-36,39-44H2,1-5H3;2*1H. The average molecular weight is 1110 g/mol. The van der Waals surface area contributed by atoms with Crippen LogP contribution in [0.5, 0.6) is 0 Å². The Morgan fingerprint density at radius 3 is 1.16 bits per heavy atom. The Morgan fingerprint density at radius 2 is 0.825 bits per heavy atom. The van der Waals surface area contributed by atoms with Gasteiger partial charge in [0, 0.05) is 62.3 Å². The van der Waals surface area contributed by atoms with Crippen molar-refractivity contribution in [2.75, 3.05) is 39.6 Å². The van der Waals surface area contributed by atoms with E-state index in [0.717, 1.165) is 31.6 Å². The van der Waals surface area contributed by atoms with E-state index in [1.807, 2.05) is 50.0 Å². The highest BCUT2D eigenvalue weighted by Crippen LogP contribution is 2.39. The minimum atomic E-state index is -0.609. The number of nitrogens with one attached hydrogen (secondary N) is 1. The number of pyridine rings is 1. The normalized spacial score (nSPS) is 12.8. The molecule has 1 aromatic rings. The molecule has 1 aliphatic rings. The van der Waals surface area contributed by atoms with E-state index in [9.17, 15) is 9.59 Å². The first kappa shape index (κ1) is 61.8. The number of aryl methyl sites for hydroxylation is 1. The lowest BCUT2D eigenvalue weighted by molar-refractivity contribution is -0.671. The van der Waals surface area contributed by atoms with Gasteiger partial charge in [-0.3, -0.25) is 0 Å². The molecule has 63 heavy (non-hydrogen) atoms. The fourth-order valence-corrected chi connectivity index (χ4v) is 8.46. The Morgan fingerprint density at radius 1 is 0.508 bits per heavy atom. The summed E-state index contributed by atoms with van der Waals surface area (Å²) in [6.07, 6.45) is 42.7. The highest BCUT2D eigenvalue weighted by molar-refractivity contribution is 14.0. The van der Waals surface area contributed by atoms with Crippen LogP contribution in [0.4, 0.5) is 0 Å². The van der Waals surface area contributed by atoms with Crippen LogP contribution in [0.25, 0.3) is 0 Å². The van der Waals surface area contributed by atoms with E-state index in [0.29, 0.717) is 48.6 Å². The molecule has 0 amide bonds. The van der Waals surface area contributed by atoms with Gasteiger partial charge in [-0.05, 0) is 32.8 Å². The average Bonchev–Trinajstić information content (AvgIpc) is 3.24. The van der Waals surface area contributed by atoms with Crippen molar-refractivity contribution in [3.8, 4) is 0 Å². The lowest BCUT2D eigenvalue weighted by atomic mass is 9.81. The van der Waals surface area contributed by atoms with Crippen LogP contribution in [0.1, 0.15) is 232 Å². The Balaban J connectivity index is 0.0000192. The molecule has 10 heteroatoms. The van der Waals surface area contributed by atoms with E-state index in [1.54, 1.807) is 0 Å². The molecule has 1 aliphatic heterocycles. The van der Waals surface area contributed by atoms with Crippen molar-refractivity contribution in [2.24, 2.45) is 7.05 Å². The second kappa shape index (κ2) is 43.3. The van der Waals surface area contributed by atoms with E-state index in [2.05, 4.69) is 19.2 Å². The number of carbonyl (C=O) groups is 2. The quantitative estimate of drug-likeness (QED) is 0.0303. The summed E-state index contributed by atoms with van der Waals surface area (Å²) in [6, 6.07) is 3.88. The highest BCUT2D eigenvalue weighted by Gasteiger charge is 2.39. The molecule has 366 valence electrons. The maximum Gasteiger partial charge on any atom is 0.336 e. The number of nitrogens with zero attached hydrogens (tertiary/aromatic N) is 1. The van der Waals surface area contributed by atoms with Crippen molar-refractivity contribution in [1.82, 2.24) is 5.32 Å². The third-order valence-electron chi connectivity index (χ3n) is 12.1. The summed E-state index contributed by atoms with van der Waals surface area (Å²) < 4.78 is 25.3. The van der Waals surface area contributed by atoms with Crippen molar-refractivity contribution in [1.29, 1.82) is 0 Å². The molecule has 1 N–H and O–H groups in total. The number of allylic oxidation sites excluding steroid dienone is 2. The minimum absolute atomic E-state index is 0. The number of esters is 2. The molecule has 0 spiro atoms. The monoisotopic (exact) mass is 1110 g/mol. The number of unbranched alkanes of at least 4 members (excludes halogenated alkanes) is 26. The van der Waals surface area contributed by atoms with Gasteiger partial charge in [0.1, 0.15) is 7.05 Å². The fraction of sp³-hybridized carbons (Fsp3) is 0.792. The van der Waals surface area contributed by atoms with Crippen LogP contribution in [0.2, 0.25) is 0 Å². The summed E-state index contributed by atoms with van der Waals surface area (Å²) in [5.41, 5.74) is 3.06. The molecule has 0 atom stereocenters. The second-order valence-corrected chi connectivity index (χ2v) is 17.8. The number of hydrogen-bond acceptors (Lipinski definition) is 7. The Bertz CT molecular complexity index is 1260. The van der Waals surface area contributed by atoms with Crippen LogP contribution >= 0.6 is 24.0 Å². The molecule has 0 aromatic carbocycles. The van der Waals surface area contributed by atoms with Crippen LogP contribution in [0.15, 0.2) is 47.1 Å². The van der Waals surface area contributed by atoms with Crippen LogP contribution in [0, 0.1) is 0 Å². The van der Waals surface area contributed by atoms with Crippen LogP contribution < -0.4 is 33.9 Å². The van der Waals surface area contributed by atoms with Crippen molar-refractivity contribution in [3.63, 3.8) is 0 Å². The first-order valence-electron chi connectivity index (χ1n) is 25.5. The van der Waals surface area contributed by atoms with Crippen molar-refractivity contribution in [2.45, 2.75) is 226 Å². The lowest BCUT2D eigenvalue weighted by Gasteiger charge is -2.30. The largest absolute Gasteiger partial charge is 1.00 e. The van der Waals surface area contributed by atoms with Gasteiger partial charge in [0.15, 0.2) is 12.4 Å². The number of hydrogen-bond donors (Lipinski definition) is 1. The minimum Gasteiger partial charge on any atom is -1.00 e. The molecular weight excluding hydrogens is 1010 g/mol. The zero-order valence-corrected chi connectivity index (χ0v) is 45.5. The van der Waals surface area contributed by atoms with E-state index < -0.39 is 17.9 Å². The van der Waals surface area contributed by atoms with Gasteiger partial charge in [-0.25, -0.2) is 14.2 Å². The van der Waals surface area contributed by atoms with Gasteiger partial charge in [0.05, 0.1) is 30.3 Å². The van der Waals surface area contributed by atoms with E-state index in [1.165, 1.54) is 167 Å². The number of ether oxygens (including phenoxy) is 4. The number of carbonyl (C=O) groups excluding carboxylic acids is 2. The third-order valence-corrected chi connectivity index (χ3v) is 12.1. The summed E-state index contributed by atoms with van der Waals surface area (Å²) in [6.45, 7) is 11.4. The topological polar surface area (TPSA) is 87.0 Å². The Hall–Kier alpha value is -1.25. The lowest BCUT2D eigenvalue weighted by Crippen LogP contribution is -3.00. The van der Waals surface area contributed by atoms with Gasteiger partial charge in [-0.1, -0.05) is 181 Å². The molecule has 1 aromatic heterocycles. The molecule has 2 rings (SSSR count). The molecule has 0 saturated carbocycles. The SMILES string of the molecule is CCCCCCCCCCCCCCCCOCCCOC(=O)C1=C(C)NC(C)=C(C(=O)OCCCOCCCCCCCCCCCCCCCC)C1c1ccc[n+](C)c1.I.[I-]. The summed E-state index contributed by atoms with van der Waals surface area (Å²) >= 11 is 0. The van der Waals surface area contributed by atoms with Crippen molar-refractivity contribution in [3.05, 3.63) is 52.6 Å². The molecule has 0 radical (unpaired) electrons. The predicted octanol–water partition coefficient (Wildman–Crippen LogP) is 11.2. The van der Waals surface area contributed by atoms with E-state index in [-0.39, 0.29) is 61.2 Å². The summed E-state index contributed by atoms with van der Waals surface area (Å²) in [4.78, 5) is 27.4. The zero-order chi connectivity index (χ0) is 44.0. The van der Waals surface area contributed by atoms with Gasteiger partial charge in [0.25, 0.3) is 0 Å². The second-order valence-electron chi connectivity index (χ2n) is 17.8. The summed E-state index contributed by atoms with van der Waals surface area (Å²) in [5, 5.41) is 3.28. The molecule has 0 fully saturated rings. The maximum absolute atomic E-state index is 13.7. The molecule has 0 saturated heterocycles. The summed E-state index contributed by atoms with van der Waals surface area (Å²) in [7, 11) is 1.94. The van der Waals surface area contributed by atoms with Gasteiger partial charge in [-0.15, -0.1) is 24.0 Å². The summed E-state index contributed by atoms with van der Waals surface area (Å²) in [5.74, 6) is -1.46. The van der Waals surface area contributed by atoms with Crippen LogP contribution in [0.3, 0.4) is 0 Å². The van der Waals surface area contributed by atoms with Crippen molar-refractivity contribution < 1.29 is 57.1 Å². The van der Waals surface area contributed by atoms with Gasteiger partial charge >= 0.3 is 11.9 Å². The number of rotatable bonds is 41. The Labute approximate surface area is 421 Å². The number of aromatic nitrogens is 1. The first-order chi connectivity index (χ1) is 29.9. The van der Waals surface area contributed by atoms with Crippen LogP contribution in [-0.4, -0.2) is 51.6 Å². The van der Waals surface area contributed by atoms with Gasteiger partial charge in [-0.2, -0.15) is 0 Å². The first-order valence-corrected chi connectivity index (χ1v) is 25.5.